The summed E-state index contributed by atoms with van der Waals surface area (Å²) in [4.78, 5) is 27.0. The fraction of sp³-hybridized carbons (Fsp3) is 0.714. The van der Waals surface area contributed by atoms with Crippen LogP contribution < -0.4 is 0 Å². The smallest absolute Gasteiger partial charge is 0.334 e. The Morgan fingerprint density at radius 1 is 1.35 bits per heavy atom. The zero-order valence-electron chi connectivity index (χ0n) is 16.3. The highest BCUT2D eigenvalue weighted by Crippen LogP contribution is 2.49. The Hall–Kier alpha value is -1.62. The predicted molar refractivity (Wildman–Crippen MR) is 99.5 cm³/mol. The van der Waals surface area contributed by atoms with Crippen molar-refractivity contribution in [1.82, 2.24) is 4.90 Å². The Bertz CT molecular complexity index is 620. The molecule has 0 aromatic heterocycles. The van der Waals surface area contributed by atoms with Gasteiger partial charge in [0.05, 0.1) is 5.60 Å². The van der Waals surface area contributed by atoms with Crippen LogP contribution >= 0.6 is 0 Å². The van der Waals surface area contributed by atoms with Crippen LogP contribution in [0.5, 0.6) is 0 Å². The highest BCUT2D eigenvalue weighted by atomic mass is 16.6. The number of hydrogen-bond donors (Lipinski definition) is 0. The Labute approximate surface area is 156 Å². The number of amides is 1. The SMILES string of the molecule is C=C1C(=O)O[C@H]2[C@H]1CC/C(C(=O)N(CCC)CCC)=C\CC[C@@]1(C)O[C@@H]21. The molecule has 2 aliphatic heterocycles. The van der Waals surface area contributed by atoms with Crippen molar-refractivity contribution in [1.29, 1.82) is 0 Å². The van der Waals surface area contributed by atoms with Gasteiger partial charge in [0, 0.05) is 30.2 Å². The molecule has 2 fully saturated rings. The Morgan fingerprint density at radius 3 is 2.69 bits per heavy atom. The van der Waals surface area contributed by atoms with Gasteiger partial charge in [0.25, 0.3) is 0 Å². The van der Waals surface area contributed by atoms with Crippen molar-refractivity contribution in [3.8, 4) is 0 Å². The molecule has 0 unspecified atom stereocenters. The zero-order chi connectivity index (χ0) is 18.9. The van der Waals surface area contributed by atoms with Crippen LogP contribution in [0.1, 0.15) is 59.3 Å². The molecule has 0 bridgehead atoms. The lowest BCUT2D eigenvalue weighted by atomic mass is 9.83. The summed E-state index contributed by atoms with van der Waals surface area (Å²) in [7, 11) is 0. The summed E-state index contributed by atoms with van der Waals surface area (Å²) < 4.78 is 11.5. The van der Waals surface area contributed by atoms with E-state index >= 15 is 0 Å². The Morgan fingerprint density at radius 2 is 2.04 bits per heavy atom. The summed E-state index contributed by atoms with van der Waals surface area (Å²) >= 11 is 0. The van der Waals surface area contributed by atoms with Crippen LogP contribution in [-0.2, 0) is 19.1 Å². The number of carbonyl (C=O) groups is 2. The molecule has 2 saturated heterocycles. The van der Waals surface area contributed by atoms with E-state index in [1.165, 1.54) is 0 Å². The second kappa shape index (κ2) is 7.55. The van der Waals surface area contributed by atoms with Crippen LogP contribution in [0.4, 0.5) is 0 Å². The summed E-state index contributed by atoms with van der Waals surface area (Å²) in [6, 6.07) is 0. The molecule has 0 spiro atoms. The first kappa shape index (κ1) is 19.2. The second-order valence-electron chi connectivity index (χ2n) is 7.95. The molecule has 0 N–H and O–H groups in total. The fourth-order valence-corrected chi connectivity index (χ4v) is 4.31. The van der Waals surface area contributed by atoms with Gasteiger partial charge in [-0.1, -0.05) is 26.5 Å². The molecule has 3 aliphatic rings. The maximum absolute atomic E-state index is 13.1. The lowest BCUT2D eigenvalue weighted by Gasteiger charge is -2.25. The number of esters is 1. The van der Waals surface area contributed by atoms with Gasteiger partial charge < -0.3 is 14.4 Å². The van der Waals surface area contributed by atoms with Crippen molar-refractivity contribution in [2.45, 2.75) is 77.1 Å². The molecule has 3 rings (SSSR count). The van der Waals surface area contributed by atoms with Crippen molar-refractivity contribution < 1.29 is 19.1 Å². The number of ether oxygens (including phenoxy) is 2. The molecule has 144 valence electrons. The maximum atomic E-state index is 13.1. The van der Waals surface area contributed by atoms with Crippen molar-refractivity contribution in [3.05, 3.63) is 23.8 Å². The quantitative estimate of drug-likeness (QED) is 0.428. The minimum atomic E-state index is -0.312. The average Bonchev–Trinajstić information content (AvgIpc) is 3.20. The fourth-order valence-electron chi connectivity index (χ4n) is 4.31. The number of epoxide rings is 1. The van der Waals surface area contributed by atoms with E-state index < -0.39 is 0 Å². The molecule has 1 amide bonds. The van der Waals surface area contributed by atoms with E-state index in [2.05, 4.69) is 33.4 Å². The molecule has 0 aromatic carbocycles. The third-order valence-electron chi connectivity index (χ3n) is 5.89. The highest BCUT2D eigenvalue weighted by molar-refractivity contribution is 5.94. The van der Waals surface area contributed by atoms with E-state index in [0.717, 1.165) is 44.3 Å². The number of rotatable bonds is 5. The predicted octanol–water partition coefficient (Wildman–Crippen LogP) is 3.39. The van der Waals surface area contributed by atoms with Gasteiger partial charge in [-0.3, -0.25) is 4.79 Å². The van der Waals surface area contributed by atoms with Crippen molar-refractivity contribution in [3.63, 3.8) is 0 Å². The molecule has 4 atom stereocenters. The van der Waals surface area contributed by atoms with Crippen LogP contribution in [0.3, 0.4) is 0 Å². The van der Waals surface area contributed by atoms with Gasteiger partial charge in [-0.25, -0.2) is 4.79 Å². The first-order valence-corrected chi connectivity index (χ1v) is 9.97. The lowest BCUT2D eigenvalue weighted by Crippen LogP contribution is -2.34. The van der Waals surface area contributed by atoms with Gasteiger partial charge >= 0.3 is 5.97 Å². The van der Waals surface area contributed by atoms with Gasteiger partial charge in [-0.2, -0.15) is 0 Å². The molecule has 26 heavy (non-hydrogen) atoms. The number of carbonyl (C=O) groups excluding carboxylic acids is 2. The lowest BCUT2D eigenvalue weighted by molar-refractivity contribution is -0.140. The molecule has 0 saturated carbocycles. The minimum absolute atomic E-state index is 0.0435. The standard InChI is InChI=1S/C21H31NO4/c1-5-12-22(13-6-2)19(23)15-8-7-11-21(4)18(26-21)17-16(10-9-15)14(3)20(24)25-17/h8,16-18H,3,5-7,9-13H2,1-2,4H3/b15-8+/t16-,17-,18-,21+/m0/s1. The first-order chi connectivity index (χ1) is 12.4. The van der Waals surface area contributed by atoms with Crippen LogP contribution in [0.25, 0.3) is 0 Å². The monoisotopic (exact) mass is 361 g/mol. The molecule has 5 nitrogen and oxygen atoms in total. The van der Waals surface area contributed by atoms with Crippen molar-refractivity contribution in [2.24, 2.45) is 5.92 Å². The third kappa shape index (κ3) is 3.59. The molecular weight excluding hydrogens is 330 g/mol. The van der Waals surface area contributed by atoms with E-state index in [0.29, 0.717) is 18.4 Å². The van der Waals surface area contributed by atoms with Crippen molar-refractivity contribution >= 4 is 11.9 Å². The van der Waals surface area contributed by atoms with Crippen molar-refractivity contribution in [2.75, 3.05) is 13.1 Å². The van der Waals surface area contributed by atoms with Gasteiger partial charge in [0.2, 0.25) is 5.91 Å². The van der Waals surface area contributed by atoms with Crippen LogP contribution in [0, 0.1) is 5.92 Å². The Kier molecular flexibility index (Phi) is 5.56. The number of allylic oxidation sites excluding steroid dienone is 1. The van der Waals surface area contributed by atoms with Gasteiger partial charge in [0.15, 0.2) is 0 Å². The van der Waals surface area contributed by atoms with Gasteiger partial charge in [-0.15, -0.1) is 0 Å². The average molecular weight is 361 g/mol. The molecular formula is C21H31NO4. The summed E-state index contributed by atoms with van der Waals surface area (Å²) in [5, 5.41) is 0. The molecule has 0 aromatic rings. The third-order valence-corrected chi connectivity index (χ3v) is 5.89. The van der Waals surface area contributed by atoms with E-state index in [1.807, 2.05) is 4.90 Å². The van der Waals surface area contributed by atoms with E-state index in [9.17, 15) is 9.59 Å². The summed E-state index contributed by atoms with van der Waals surface area (Å²) in [6.45, 7) is 11.8. The molecule has 1 aliphatic carbocycles. The number of nitrogens with zero attached hydrogens (tertiary/aromatic N) is 1. The van der Waals surface area contributed by atoms with E-state index in [-0.39, 0.29) is 35.6 Å². The van der Waals surface area contributed by atoms with Crippen LogP contribution in [0.15, 0.2) is 23.8 Å². The van der Waals surface area contributed by atoms with E-state index in [4.69, 9.17) is 9.47 Å². The summed E-state index contributed by atoms with van der Waals surface area (Å²) in [5.41, 5.74) is 1.13. The first-order valence-electron chi connectivity index (χ1n) is 9.97. The number of hydrogen-bond acceptors (Lipinski definition) is 4. The van der Waals surface area contributed by atoms with Crippen LogP contribution in [-0.4, -0.2) is 47.7 Å². The minimum Gasteiger partial charge on any atom is -0.455 e. The zero-order valence-corrected chi connectivity index (χ0v) is 16.3. The normalized spacial score (nSPS) is 35.7. The summed E-state index contributed by atoms with van der Waals surface area (Å²) in [6.07, 6.45) is 6.71. The van der Waals surface area contributed by atoms with Gasteiger partial charge in [-0.05, 0) is 45.4 Å². The topological polar surface area (TPSA) is 59.1 Å². The van der Waals surface area contributed by atoms with E-state index in [1.54, 1.807) is 0 Å². The Balaban J connectivity index is 1.80. The largest absolute Gasteiger partial charge is 0.455 e. The van der Waals surface area contributed by atoms with Gasteiger partial charge in [0.1, 0.15) is 12.2 Å². The highest BCUT2D eigenvalue weighted by Gasteiger charge is 2.61. The second-order valence-corrected chi connectivity index (χ2v) is 7.95. The number of fused-ring (bicyclic) bond motifs is 3. The maximum Gasteiger partial charge on any atom is 0.334 e. The molecule has 5 heteroatoms. The molecule has 0 radical (unpaired) electrons. The molecule has 2 heterocycles. The van der Waals surface area contributed by atoms with Crippen LogP contribution in [0.2, 0.25) is 0 Å². The summed E-state index contributed by atoms with van der Waals surface area (Å²) in [5.74, 6) is -0.234.